The van der Waals surface area contributed by atoms with Crippen LogP contribution in [0.15, 0.2) is 36.4 Å². The molecular formula is C17H18N2O4. The highest BCUT2D eigenvalue weighted by Gasteiger charge is 2.40. The molecule has 0 unspecified atom stereocenters. The summed E-state index contributed by atoms with van der Waals surface area (Å²) in [5, 5.41) is 2.61. The molecule has 3 atom stereocenters. The first-order valence-corrected chi connectivity index (χ1v) is 7.57. The molecule has 1 fully saturated rings. The number of primary amides is 1. The SMILES string of the molecule is NC(=O)c1ccc(NC(=O)COC(=O)[C@@H]2C[C@@H]3C=C[C@H]2C3)cc1. The van der Waals surface area contributed by atoms with Crippen molar-refractivity contribution >= 4 is 23.5 Å². The number of benzene rings is 1. The molecule has 3 N–H and O–H groups in total. The fraction of sp³-hybridized carbons (Fsp3) is 0.353. The van der Waals surface area contributed by atoms with Crippen molar-refractivity contribution in [2.45, 2.75) is 12.8 Å². The average Bonchev–Trinajstić information content (AvgIpc) is 3.16. The van der Waals surface area contributed by atoms with Gasteiger partial charge in [0.2, 0.25) is 5.91 Å². The molecule has 1 aromatic carbocycles. The van der Waals surface area contributed by atoms with Crippen LogP contribution in [0.4, 0.5) is 5.69 Å². The Labute approximate surface area is 133 Å². The van der Waals surface area contributed by atoms with Gasteiger partial charge in [-0.05, 0) is 48.9 Å². The van der Waals surface area contributed by atoms with Gasteiger partial charge in [-0.15, -0.1) is 0 Å². The number of nitrogens with one attached hydrogen (secondary N) is 1. The van der Waals surface area contributed by atoms with Gasteiger partial charge in [-0.1, -0.05) is 12.2 Å². The van der Waals surface area contributed by atoms with Crippen LogP contribution in [0.1, 0.15) is 23.2 Å². The van der Waals surface area contributed by atoms with Crippen molar-refractivity contribution < 1.29 is 19.1 Å². The molecule has 2 aliphatic carbocycles. The number of rotatable bonds is 5. The normalized spacial score (nSPS) is 24.4. The smallest absolute Gasteiger partial charge is 0.310 e. The van der Waals surface area contributed by atoms with Crippen molar-refractivity contribution in [2.24, 2.45) is 23.5 Å². The molecule has 2 amide bonds. The van der Waals surface area contributed by atoms with Crippen LogP contribution in [0.5, 0.6) is 0 Å². The van der Waals surface area contributed by atoms with E-state index in [9.17, 15) is 14.4 Å². The average molecular weight is 314 g/mol. The number of ether oxygens (including phenoxy) is 1. The number of esters is 1. The van der Waals surface area contributed by atoms with Crippen LogP contribution in [0.3, 0.4) is 0 Å². The Balaban J connectivity index is 1.47. The minimum absolute atomic E-state index is 0.118. The summed E-state index contributed by atoms with van der Waals surface area (Å²) >= 11 is 0. The van der Waals surface area contributed by atoms with Crippen molar-refractivity contribution in [2.75, 3.05) is 11.9 Å². The lowest BCUT2D eigenvalue weighted by atomic mass is 9.94. The van der Waals surface area contributed by atoms with Gasteiger partial charge < -0.3 is 15.8 Å². The maximum Gasteiger partial charge on any atom is 0.310 e. The topological polar surface area (TPSA) is 98.5 Å². The number of hydrogen-bond acceptors (Lipinski definition) is 4. The van der Waals surface area contributed by atoms with Gasteiger partial charge in [-0.25, -0.2) is 0 Å². The predicted molar refractivity (Wildman–Crippen MR) is 83.4 cm³/mol. The number of fused-ring (bicyclic) bond motifs is 2. The van der Waals surface area contributed by atoms with Gasteiger partial charge in [0, 0.05) is 11.3 Å². The number of amides is 2. The molecule has 2 bridgehead atoms. The molecule has 0 heterocycles. The highest BCUT2D eigenvalue weighted by molar-refractivity contribution is 5.95. The second-order valence-electron chi connectivity index (χ2n) is 5.98. The lowest BCUT2D eigenvalue weighted by Gasteiger charge is -2.16. The van der Waals surface area contributed by atoms with Crippen LogP contribution in [0, 0.1) is 17.8 Å². The zero-order valence-electron chi connectivity index (χ0n) is 12.5. The molecule has 23 heavy (non-hydrogen) atoms. The Hall–Kier alpha value is -2.63. The summed E-state index contributed by atoms with van der Waals surface area (Å²) in [7, 11) is 0. The summed E-state index contributed by atoms with van der Waals surface area (Å²) in [4.78, 5) is 34.8. The lowest BCUT2D eigenvalue weighted by molar-refractivity contribution is -0.152. The van der Waals surface area contributed by atoms with E-state index in [1.54, 1.807) is 12.1 Å². The summed E-state index contributed by atoms with van der Waals surface area (Å²) in [5.41, 5.74) is 6.02. The van der Waals surface area contributed by atoms with Gasteiger partial charge in [-0.3, -0.25) is 14.4 Å². The Bertz CT molecular complexity index is 666. The van der Waals surface area contributed by atoms with Crippen LogP contribution >= 0.6 is 0 Å². The highest BCUT2D eigenvalue weighted by Crippen LogP contribution is 2.43. The van der Waals surface area contributed by atoms with E-state index in [0.29, 0.717) is 17.2 Å². The number of hydrogen-bond donors (Lipinski definition) is 2. The van der Waals surface area contributed by atoms with Gasteiger partial charge in [0.05, 0.1) is 5.92 Å². The van der Waals surface area contributed by atoms with E-state index < -0.39 is 11.8 Å². The standard InChI is InChI=1S/C17H18N2O4/c18-16(21)11-3-5-13(6-4-11)19-15(20)9-23-17(22)14-8-10-1-2-12(14)7-10/h1-6,10,12,14H,7-9H2,(H2,18,21)(H,19,20)/t10-,12+,14-/m1/s1. The third-order valence-electron chi connectivity index (χ3n) is 4.38. The van der Waals surface area contributed by atoms with Crippen molar-refractivity contribution in [3.8, 4) is 0 Å². The molecule has 6 heteroatoms. The first kappa shape index (κ1) is 15.3. The Morgan fingerprint density at radius 1 is 1.13 bits per heavy atom. The molecule has 1 aromatic rings. The molecule has 0 aromatic heterocycles. The lowest BCUT2D eigenvalue weighted by Crippen LogP contribution is -2.26. The van der Waals surface area contributed by atoms with E-state index in [0.717, 1.165) is 12.8 Å². The number of allylic oxidation sites excluding steroid dienone is 2. The van der Waals surface area contributed by atoms with Crippen molar-refractivity contribution in [1.29, 1.82) is 0 Å². The van der Waals surface area contributed by atoms with Gasteiger partial charge in [0.25, 0.3) is 5.91 Å². The molecule has 0 saturated heterocycles. The summed E-state index contributed by atoms with van der Waals surface area (Å²) in [6.07, 6.45) is 6.05. The largest absolute Gasteiger partial charge is 0.455 e. The number of nitrogens with two attached hydrogens (primary N) is 1. The number of carbonyl (C=O) groups is 3. The van der Waals surface area contributed by atoms with E-state index in [2.05, 4.69) is 17.5 Å². The number of carbonyl (C=O) groups excluding carboxylic acids is 3. The van der Waals surface area contributed by atoms with Crippen LogP contribution in [-0.4, -0.2) is 24.4 Å². The maximum atomic E-state index is 12.0. The molecule has 6 nitrogen and oxygen atoms in total. The number of anilines is 1. The fourth-order valence-electron chi connectivity index (χ4n) is 3.21. The van der Waals surface area contributed by atoms with Crippen LogP contribution < -0.4 is 11.1 Å². The molecule has 1 saturated carbocycles. The van der Waals surface area contributed by atoms with Gasteiger partial charge in [0.1, 0.15) is 0 Å². The molecular weight excluding hydrogens is 296 g/mol. The molecule has 3 rings (SSSR count). The Kier molecular flexibility index (Phi) is 4.14. The van der Waals surface area contributed by atoms with E-state index in [-0.39, 0.29) is 24.4 Å². The van der Waals surface area contributed by atoms with E-state index in [1.807, 2.05) is 0 Å². The van der Waals surface area contributed by atoms with Crippen molar-refractivity contribution in [1.82, 2.24) is 0 Å². The van der Waals surface area contributed by atoms with Crippen LogP contribution in [0.25, 0.3) is 0 Å². The van der Waals surface area contributed by atoms with Crippen LogP contribution in [0.2, 0.25) is 0 Å². The quantitative estimate of drug-likeness (QED) is 0.635. The molecule has 2 aliphatic rings. The predicted octanol–water partition coefficient (Wildman–Crippen LogP) is 1.48. The van der Waals surface area contributed by atoms with E-state index in [1.165, 1.54) is 12.1 Å². The van der Waals surface area contributed by atoms with Crippen LogP contribution in [-0.2, 0) is 14.3 Å². The fourth-order valence-corrected chi connectivity index (χ4v) is 3.21. The monoisotopic (exact) mass is 314 g/mol. The Morgan fingerprint density at radius 2 is 1.87 bits per heavy atom. The van der Waals surface area contributed by atoms with Gasteiger partial charge in [-0.2, -0.15) is 0 Å². The zero-order chi connectivity index (χ0) is 16.4. The third kappa shape index (κ3) is 3.41. The van der Waals surface area contributed by atoms with Crippen molar-refractivity contribution in [3.63, 3.8) is 0 Å². The maximum absolute atomic E-state index is 12.0. The Morgan fingerprint density at radius 3 is 2.43 bits per heavy atom. The second-order valence-corrected chi connectivity index (χ2v) is 5.98. The molecule has 0 spiro atoms. The molecule has 0 radical (unpaired) electrons. The minimum atomic E-state index is -0.531. The summed E-state index contributed by atoms with van der Waals surface area (Å²) in [6, 6.07) is 6.18. The van der Waals surface area contributed by atoms with E-state index >= 15 is 0 Å². The zero-order valence-corrected chi connectivity index (χ0v) is 12.5. The summed E-state index contributed by atoms with van der Waals surface area (Å²) < 4.78 is 5.12. The summed E-state index contributed by atoms with van der Waals surface area (Å²) in [6.45, 7) is -0.312. The van der Waals surface area contributed by atoms with Crippen molar-refractivity contribution in [3.05, 3.63) is 42.0 Å². The summed E-state index contributed by atoms with van der Waals surface area (Å²) in [5.74, 6) is -0.624. The third-order valence-corrected chi connectivity index (χ3v) is 4.38. The second kappa shape index (κ2) is 6.24. The van der Waals surface area contributed by atoms with Gasteiger partial charge >= 0.3 is 5.97 Å². The molecule has 120 valence electrons. The highest BCUT2D eigenvalue weighted by atomic mass is 16.5. The molecule has 0 aliphatic heterocycles. The first-order chi connectivity index (χ1) is 11.0. The minimum Gasteiger partial charge on any atom is -0.455 e. The van der Waals surface area contributed by atoms with Gasteiger partial charge in [0.15, 0.2) is 6.61 Å². The van der Waals surface area contributed by atoms with E-state index in [4.69, 9.17) is 10.5 Å². The first-order valence-electron chi connectivity index (χ1n) is 7.57.